The molecule has 0 aliphatic carbocycles. The number of amides is 1. The van der Waals surface area contributed by atoms with Crippen molar-refractivity contribution in [2.45, 2.75) is 19.1 Å². The van der Waals surface area contributed by atoms with Gasteiger partial charge in [0.25, 0.3) is 5.91 Å². The minimum absolute atomic E-state index is 0.110. The number of carbonyl (C=O) groups is 1. The molecule has 1 aromatic rings. The highest BCUT2D eigenvalue weighted by Crippen LogP contribution is 2.25. The number of rotatable bonds is 3. The third-order valence-electron chi connectivity index (χ3n) is 3.05. The molecule has 1 aliphatic heterocycles. The normalized spacial score (nSPS) is 22.6. The lowest BCUT2D eigenvalue weighted by molar-refractivity contribution is -0.132. The third-order valence-corrected chi connectivity index (χ3v) is 3.67. The van der Waals surface area contributed by atoms with E-state index >= 15 is 0 Å². The number of aliphatic hydroxyl groups is 2. The summed E-state index contributed by atoms with van der Waals surface area (Å²) >= 11 is 3.37. The second-order valence-corrected chi connectivity index (χ2v) is 5.51. The minimum Gasteiger partial charge on any atom is -0.483 e. The highest BCUT2D eigenvalue weighted by Gasteiger charge is 2.32. The summed E-state index contributed by atoms with van der Waals surface area (Å²) in [5.41, 5.74) is 1.09. The summed E-state index contributed by atoms with van der Waals surface area (Å²) < 4.78 is 6.23. The van der Waals surface area contributed by atoms with E-state index in [-0.39, 0.29) is 25.6 Å². The first-order chi connectivity index (χ1) is 8.97. The van der Waals surface area contributed by atoms with E-state index in [2.05, 4.69) is 15.9 Å². The fraction of sp³-hybridized carbons (Fsp3) is 0.462. The summed E-state index contributed by atoms with van der Waals surface area (Å²) in [5.74, 6) is 0.349. The fourth-order valence-corrected chi connectivity index (χ4v) is 2.53. The zero-order valence-electron chi connectivity index (χ0n) is 10.5. The fourth-order valence-electron chi connectivity index (χ4n) is 1.93. The van der Waals surface area contributed by atoms with Gasteiger partial charge in [0.15, 0.2) is 6.61 Å². The zero-order valence-corrected chi connectivity index (χ0v) is 12.1. The van der Waals surface area contributed by atoms with Crippen LogP contribution in [0.15, 0.2) is 22.7 Å². The smallest absolute Gasteiger partial charge is 0.260 e. The largest absolute Gasteiger partial charge is 0.483 e. The van der Waals surface area contributed by atoms with Crippen LogP contribution in [0.1, 0.15) is 5.56 Å². The summed E-state index contributed by atoms with van der Waals surface area (Å²) in [6.45, 7) is 2.16. The van der Waals surface area contributed by atoms with E-state index in [4.69, 9.17) is 4.74 Å². The molecule has 1 aromatic carbocycles. The average molecular weight is 330 g/mol. The Morgan fingerprint density at radius 1 is 1.42 bits per heavy atom. The van der Waals surface area contributed by atoms with E-state index in [0.717, 1.165) is 10.0 Å². The number of ether oxygens (including phenoxy) is 1. The molecule has 2 rings (SSSR count). The molecule has 1 amide bonds. The number of hydrogen-bond acceptors (Lipinski definition) is 4. The van der Waals surface area contributed by atoms with Gasteiger partial charge >= 0.3 is 0 Å². The van der Waals surface area contributed by atoms with E-state index in [0.29, 0.717) is 5.75 Å². The van der Waals surface area contributed by atoms with Crippen LogP contribution in [-0.2, 0) is 4.79 Å². The number of hydrogen-bond donors (Lipinski definition) is 2. The molecule has 1 heterocycles. The van der Waals surface area contributed by atoms with Crippen LogP contribution in [0.5, 0.6) is 5.75 Å². The molecule has 1 saturated heterocycles. The van der Waals surface area contributed by atoms with Gasteiger partial charge in [-0.2, -0.15) is 0 Å². The first kappa shape index (κ1) is 14.3. The Kier molecular flexibility index (Phi) is 4.44. The molecule has 0 unspecified atom stereocenters. The number of aliphatic hydroxyl groups excluding tert-OH is 2. The van der Waals surface area contributed by atoms with Crippen LogP contribution in [0.3, 0.4) is 0 Å². The standard InChI is InChI=1S/C13H16BrNO4/c1-8-2-3-12(9(14)4-8)19-7-13(18)15-5-10(16)11(17)6-15/h2-4,10-11,16-17H,5-7H2,1H3/t10-,11+. The van der Waals surface area contributed by atoms with Crippen LogP contribution in [0.4, 0.5) is 0 Å². The molecule has 0 bridgehead atoms. The number of benzene rings is 1. The Hall–Kier alpha value is -1.11. The van der Waals surface area contributed by atoms with E-state index in [1.54, 1.807) is 6.07 Å². The summed E-state index contributed by atoms with van der Waals surface area (Å²) in [6, 6.07) is 5.59. The summed E-state index contributed by atoms with van der Waals surface area (Å²) in [4.78, 5) is 13.3. The Labute approximate surface area is 119 Å². The molecular weight excluding hydrogens is 314 g/mol. The molecule has 5 nitrogen and oxygen atoms in total. The number of likely N-dealkylation sites (tertiary alicyclic amines) is 1. The van der Waals surface area contributed by atoms with E-state index < -0.39 is 12.2 Å². The van der Waals surface area contributed by atoms with Gasteiger partial charge in [-0.1, -0.05) is 6.07 Å². The third kappa shape index (κ3) is 3.46. The van der Waals surface area contributed by atoms with Crippen LogP contribution in [0, 0.1) is 6.92 Å². The molecule has 104 valence electrons. The Balaban J connectivity index is 1.90. The number of β-amino-alcohol motifs (C(OH)–C–C–N with tert-alkyl or cyclic N) is 2. The van der Waals surface area contributed by atoms with Crippen LogP contribution in [0.25, 0.3) is 0 Å². The highest BCUT2D eigenvalue weighted by molar-refractivity contribution is 9.10. The Morgan fingerprint density at radius 2 is 2.05 bits per heavy atom. The van der Waals surface area contributed by atoms with Crippen molar-refractivity contribution in [3.63, 3.8) is 0 Å². The summed E-state index contributed by atoms with van der Waals surface area (Å²) in [5, 5.41) is 18.8. The van der Waals surface area contributed by atoms with Crippen LogP contribution < -0.4 is 4.74 Å². The second-order valence-electron chi connectivity index (χ2n) is 4.66. The van der Waals surface area contributed by atoms with Gasteiger partial charge in [-0.05, 0) is 40.5 Å². The van der Waals surface area contributed by atoms with E-state index in [9.17, 15) is 15.0 Å². The van der Waals surface area contributed by atoms with Crippen molar-refractivity contribution >= 4 is 21.8 Å². The van der Waals surface area contributed by atoms with Gasteiger partial charge in [0, 0.05) is 13.1 Å². The predicted octanol–water partition coefficient (Wildman–Crippen LogP) is 0.700. The molecule has 0 radical (unpaired) electrons. The van der Waals surface area contributed by atoms with Gasteiger partial charge in [0.1, 0.15) is 5.75 Å². The zero-order chi connectivity index (χ0) is 14.0. The molecule has 0 aromatic heterocycles. The second kappa shape index (κ2) is 5.90. The molecule has 19 heavy (non-hydrogen) atoms. The van der Waals surface area contributed by atoms with Crippen molar-refractivity contribution in [1.29, 1.82) is 0 Å². The molecule has 6 heteroatoms. The first-order valence-corrected chi connectivity index (χ1v) is 6.79. The maximum Gasteiger partial charge on any atom is 0.260 e. The van der Waals surface area contributed by atoms with Crippen molar-refractivity contribution < 1.29 is 19.7 Å². The predicted molar refractivity (Wildman–Crippen MR) is 73.0 cm³/mol. The monoisotopic (exact) mass is 329 g/mol. The van der Waals surface area contributed by atoms with Gasteiger partial charge < -0.3 is 19.8 Å². The van der Waals surface area contributed by atoms with Crippen LogP contribution in [0.2, 0.25) is 0 Å². The molecular formula is C13H16BrNO4. The van der Waals surface area contributed by atoms with Gasteiger partial charge in [0.2, 0.25) is 0 Å². The van der Waals surface area contributed by atoms with Crippen molar-refractivity contribution in [2.75, 3.05) is 19.7 Å². The summed E-state index contributed by atoms with van der Waals surface area (Å²) in [6.07, 6.45) is -1.73. The lowest BCUT2D eigenvalue weighted by Gasteiger charge is -2.16. The van der Waals surface area contributed by atoms with Gasteiger partial charge in [-0.3, -0.25) is 4.79 Å². The molecule has 1 fully saturated rings. The number of nitrogens with zero attached hydrogens (tertiary/aromatic N) is 1. The topological polar surface area (TPSA) is 70.0 Å². The molecule has 2 atom stereocenters. The first-order valence-electron chi connectivity index (χ1n) is 6.00. The van der Waals surface area contributed by atoms with Gasteiger partial charge in [-0.25, -0.2) is 0 Å². The van der Waals surface area contributed by atoms with Crippen molar-refractivity contribution in [3.05, 3.63) is 28.2 Å². The van der Waals surface area contributed by atoms with E-state index in [1.807, 2.05) is 19.1 Å². The van der Waals surface area contributed by atoms with Crippen molar-refractivity contribution in [3.8, 4) is 5.75 Å². The maximum absolute atomic E-state index is 11.9. The number of carbonyl (C=O) groups excluding carboxylic acids is 1. The molecule has 0 spiro atoms. The molecule has 2 N–H and O–H groups in total. The molecule has 1 aliphatic rings. The van der Waals surface area contributed by atoms with E-state index in [1.165, 1.54) is 4.90 Å². The minimum atomic E-state index is -0.866. The summed E-state index contributed by atoms with van der Waals surface area (Å²) in [7, 11) is 0. The lowest BCUT2D eigenvalue weighted by Crippen LogP contribution is -2.34. The lowest BCUT2D eigenvalue weighted by atomic mass is 10.2. The van der Waals surface area contributed by atoms with Crippen molar-refractivity contribution in [2.24, 2.45) is 0 Å². The molecule has 0 saturated carbocycles. The number of aryl methyl sites for hydroxylation is 1. The van der Waals surface area contributed by atoms with Crippen LogP contribution in [-0.4, -0.2) is 52.9 Å². The maximum atomic E-state index is 11.9. The average Bonchev–Trinajstić information content (AvgIpc) is 2.68. The number of halogens is 1. The highest BCUT2D eigenvalue weighted by atomic mass is 79.9. The van der Waals surface area contributed by atoms with Gasteiger partial charge in [-0.15, -0.1) is 0 Å². The van der Waals surface area contributed by atoms with Crippen LogP contribution >= 0.6 is 15.9 Å². The quantitative estimate of drug-likeness (QED) is 0.856. The van der Waals surface area contributed by atoms with Crippen molar-refractivity contribution in [1.82, 2.24) is 4.90 Å². The van der Waals surface area contributed by atoms with Gasteiger partial charge in [0.05, 0.1) is 16.7 Å². The SMILES string of the molecule is Cc1ccc(OCC(=O)N2C[C@@H](O)[C@@H](O)C2)c(Br)c1. The Bertz CT molecular complexity index is 470. The Morgan fingerprint density at radius 3 is 2.63 bits per heavy atom.